The third kappa shape index (κ3) is 4.86. The van der Waals surface area contributed by atoms with Gasteiger partial charge in [-0.25, -0.2) is 0 Å². The Hall–Kier alpha value is -1.63. The zero-order chi connectivity index (χ0) is 14.6. The lowest BCUT2D eigenvalue weighted by molar-refractivity contribution is -0.209. The van der Waals surface area contributed by atoms with Crippen LogP contribution in [0.15, 0.2) is 0 Å². The van der Waals surface area contributed by atoms with Gasteiger partial charge in [0.05, 0.1) is 6.54 Å². The molecule has 19 heavy (non-hydrogen) atoms. The van der Waals surface area contributed by atoms with Crippen LogP contribution in [-0.2, 0) is 19.2 Å². The number of hydroxylamine groups is 2. The Balaban J connectivity index is 2.78. The van der Waals surface area contributed by atoms with Gasteiger partial charge in [-0.2, -0.15) is 0 Å². The molecule has 0 spiro atoms. The van der Waals surface area contributed by atoms with Crippen LogP contribution in [0.3, 0.4) is 0 Å². The van der Waals surface area contributed by atoms with Crippen LogP contribution in [0.25, 0.3) is 0 Å². The summed E-state index contributed by atoms with van der Waals surface area (Å²) in [6.07, 6.45) is 0.697. The van der Waals surface area contributed by atoms with Crippen LogP contribution in [0.2, 0.25) is 0 Å². The molecule has 1 atom stereocenters. The molecule has 1 aliphatic rings. The largest absolute Gasteiger partial charge is 0.367 e. The van der Waals surface area contributed by atoms with E-state index >= 15 is 0 Å². The molecule has 1 heterocycles. The monoisotopic (exact) mass is 271 g/mol. The Morgan fingerprint density at radius 1 is 1.32 bits per heavy atom. The summed E-state index contributed by atoms with van der Waals surface area (Å²) in [5.74, 6) is -0.742. The molecular weight excluding hydrogens is 250 g/mol. The van der Waals surface area contributed by atoms with Crippen LogP contribution >= 0.6 is 0 Å². The fourth-order valence-electron chi connectivity index (χ4n) is 1.82. The quantitative estimate of drug-likeness (QED) is 0.702. The average Bonchev–Trinajstić information content (AvgIpc) is 2.26. The lowest BCUT2D eigenvalue weighted by Crippen LogP contribution is -2.60. The van der Waals surface area contributed by atoms with Crippen molar-refractivity contribution in [1.82, 2.24) is 15.3 Å². The minimum atomic E-state index is -0.679. The highest BCUT2D eigenvalue weighted by Crippen LogP contribution is 2.11. The summed E-state index contributed by atoms with van der Waals surface area (Å²) < 4.78 is 0. The van der Waals surface area contributed by atoms with E-state index in [1.807, 2.05) is 20.8 Å². The highest BCUT2D eigenvalue weighted by Gasteiger charge is 2.35. The molecule has 108 valence electrons. The van der Waals surface area contributed by atoms with E-state index in [4.69, 9.17) is 4.84 Å². The van der Waals surface area contributed by atoms with Crippen LogP contribution in [0.5, 0.6) is 0 Å². The SMILES string of the molecule is CC(=O)ON1CCN(C=O)C[C@H]1C(=O)NC(C)(C)C. The van der Waals surface area contributed by atoms with Gasteiger partial charge in [0.2, 0.25) is 12.3 Å². The average molecular weight is 271 g/mol. The molecule has 7 nitrogen and oxygen atoms in total. The van der Waals surface area contributed by atoms with Gasteiger partial charge in [0, 0.05) is 25.6 Å². The van der Waals surface area contributed by atoms with Crippen molar-refractivity contribution >= 4 is 18.3 Å². The summed E-state index contributed by atoms with van der Waals surface area (Å²) in [5, 5.41) is 4.16. The minimum Gasteiger partial charge on any atom is -0.367 e. The minimum absolute atomic E-state index is 0.207. The van der Waals surface area contributed by atoms with Crippen molar-refractivity contribution in [3.63, 3.8) is 0 Å². The van der Waals surface area contributed by atoms with Crippen LogP contribution in [0.4, 0.5) is 0 Å². The Labute approximate surface area is 112 Å². The summed E-state index contributed by atoms with van der Waals surface area (Å²) >= 11 is 0. The van der Waals surface area contributed by atoms with Gasteiger partial charge in [0.15, 0.2) is 0 Å². The topological polar surface area (TPSA) is 79.0 Å². The maximum Gasteiger partial charge on any atom is 0.322 e. The first-order valence-corrected chi connectivity index (χ1v) is 6.19. The van der Waals surface area contributed by atoms with Gasteiger partial charge < -0.3 is 15.1 Å². The van der Waals surface area contributed by atoms with Crippen LogP contribution < -0.4 is 5.32 Å². The summed E-state index contributed by atoms with van der Waals surface area (Å²) in [5.41, 5.74) is -0.386. The number of piperazine rings is 1. The third-order valence-corrected chi connectivity index (χ3v) is 2.56. The molecule has 0 saturated carbocycles. The second-order valence-corrected chi connectivity index (χ2v) is 5.58. The first-order chi connectivity index (χ1) is 8.73. The molecule has 1 saturated heterocycles. The van der Waals surface area contributed by atoms with Crippen molar-refractivity contribution in [2.45, 2.75) is 39.3 Å². The second-order valence-electron chi connectivity index (χ2n) is 5.58. The van der Waals surface area contributed by atoms with Gasteiger partial charge in [-0.3, -0.25) is 14.4 Å². The standard InChI is InChI=1S/C12H21N3O4/c1-9(17)19-15-6-5-14(8-16)7-10(15)11(18)13-12(2,3)4/h8,10H,5-7H2,1-4H3,(H,13,18)/t10-/m0/s1. The number of nitrogens with zero attached hydrogens (tertiary/aromatic N) is 2. The molecule has 1 aliphatic heterocycles. The molecule has 0 aromatic heterocycles. The lowest BCUT2D eigenvalue weighted by atomic mass is 10.1. The van der Waals surface area contributed by atoms with Crippen molar-refractivity contribution in [2.75, 3.05) is 19.6 Å². The van der Waals surface area contributed by atoms with E-state index in [1.54, 1.807) is 0 Å². The van der Waals surface area contributed by atoms with E-state index in [0.717, 1.165) is 0 Å². The van der Waals surface area contributed by atoms with Crippen LogP contribution in [0.1, 0.15) is 27.7 Å². The Bertz CT molecular complexity index is 364. The molecule has 2 amide bonds. The molecular formula is C12H21N3O4. The number of hydrogen-bond donors (Lipinski definition) is 1. The number of carbonyl (C=O) groups excluding carboxylic acids is 3. The van der Waals surface area contributed by atoms with E-state index in [2.05, 4.69) is 5.32 Å². The summed E-state index contributed by atoms with van der Waals surface area (Å²) in [6.45, 7) is 7.82. The molecule has 0 bridgehead atoms. The molecule has 0 aromatic rings. The van der Waals surface area contributed by atoms with Crippen LogP contribution in [0, 0.1) is 0 Å². The van der Waals surface area contributed by atoms with Gasteiger partial charge in [0.1, 0.15) is 6.04 Å². The highest BCUT2D eigenvalue weighted by atomic mass is 16.7. The highest BCUT2D eigenvalue weighted by molar-refractivity contribution is 5.83. The molecule has 1 N–H and O–H groups in total. The second kappa shape index (κ2) is 6.01. The first kappa shape index (κ1) is 15.4. The normalized spacial score (nSPS) is 20.8. The number of nitrogens with one attached hydrogen (secondary N) is 1. The summed E-state index contributed by atoms with van der Waals surface area (Å²) in [6, 6.07) is -0.679. The van der Waals surface area contributed by atoms with Gasteiger partial charge in [-0.1, -0.05) is 0 Å². The Morgan fingerprint density at radius 2 is 1.95 bits per heavy atom. The van der Waals surface area contributed by atoms with Crippen molar-refractivity contribution in [3.8, 4) is 0 Å². The van der Waals surface area contributed by atoms with Gasteiger partial charge in [0.25, 0.3) is 0 Å². The number of carbonyl (C=O) groups is 3. The number of amides is 2. The molecule has 1 rings (SSSR count). The number of hydrogen-bond acceptors (Lipinski definition) is 5. The Kier molecular flexibility index (Phi) is 4.88. The molecule has 0 aromatic carbocycles. The lowest BCUT2D eigenvalue weighted by Gasteiger charge is -2.38. The van der Waals surface area contributed by atoms with Gasteiger partial charge in [-0.05, 0) is 20.8 Å². The summed E-state index contributed by atoms with van der Waals surface area (Å²) in [4.78, 5) is 40.5. The smallest absolute Gasteiger partial charge is 0.322 e. The molecule has 0 aliphatic carbocycles. The van der Waals surface area contributed by atoms with E-state index < -0.39 is 12.0 Å². The molecule has 1 fully saturated rings. The fraction of sp³-hybridized carbons (Fsp3) is 0.750. The third-order valence-electron chi connectivity index (χ3n) is 2.56. The van der Waals surface area contributed by atoms with Gasteiger partial charge in [-0.15, -0.1) is 5.06 Å². The Morgan fingerprint density at radius 3 is 2.42 bits per heavy atom. The van der Waals surface area contributed by atoms with Crippen molar-refractivity contribution in [3.05, 3.63) is 0 Å². The maximum absolute atomic E-state index is 12.2. The molecule has 0 unspecified atom stereocenters. The van der Waals surface area contributed by atoms with Crippen LogP contribution in [-0.4, -0.2) is 59.5 Å². The van der Waals surface area contributed by atoms with E-state index in [9.17, 15) is 14.4 Å². The summed E-state index contributed by atoms with van der Waals surface area (Å²) in [7, 11) is 0. The molecule has 0 radical (unpaired) electrons. The predicted octanol–water partition coefficient (Wildman–Crippen LogP) is -0.478. The van der Waals surface area contributed by atoms with Crippen molar-refractivity contribution in [1.29, 1.82) is 0 Å². The van der Waals surface area contributed by atoms with E-state index in [1.165, 1.54) is 16.9 Å². The maximum atomic E-state index is 12.2. The van der Waals surface area contributed by atoms with E-state index in [-0.39, 0.29) is 18.0 Å². The predicted molar refractivity (Wildman–Crippen MR) is 67.8 cm³/mol. The van der Waals surface area contributed by atoms with Crippen molar-refractivity contribution < 1.29 is 19.2 Å². The number of rotatable bonds is 3. The van der Waals surface area contributed by atoms with Gasteiger partial charge >= 0.3 is 5.97 Å². The first-order valence-electron chi connectivity index (χ1n) is 6.19. The van der Waals surface area contributed by atoms with E-state index in [0.29, 0.717) is 19.5 Å². The van der Waals surface area contributed by atoms with Crippen molar-refractivity contribution in [2.24, 2.45) is 0 Å². The zero-order valence-corrected chi connectivity index (χ0v) is 11.8. The zero-order valence-electron chi connectivity index (χ0n) is 11.8. The molecule has 7 heteroatoms. The fourth-order valence-corrected chi connectivity index (χ4v) is 1.82.